The topological polar surface area (TPSA) is 38.5 Å². The van der Waals surface area contributed by atoms with Gasteiger partial charge in [0.05, 0.1) is 0 Å². The second-order valence-electron chi connectivity index (χ2n) is 3.66. The van der Waals surface area contributed by atoms with Crippen LogP contribution < -0.4 is 10.5 Å². The molecule has 2 rings (SSSR count). The highest BCUT2D eigenvalue weighted by Gasteiger charge is 2.26. The van der Waals surface area contributed by atoms with Crippen LogP contribution >= 0.6 is 0 Å². The van der Waals surface area contributed by atoms with Crippen LogP contribution in [0, 0.1) is 0 Å². The highest BCUT2D eigenvalue weighted by Crippen LogP contribution is 2.18. The third kappa shape index (κ3) is 1.99. The van der Waals surface area contributed by atoms with E-state index in [1.165, 1.54) is 0 Å². The predicted octanol–water partition coefficient (Wildman–Crippen LogP) is 1.35. The molecule has 0 atom stereocenters. The minimum absolute atomic E-state index is 0.360. The molecule has 0 amide bonds. The van der Waals surface area contributed by atoms with E-state index in [0.29, 0.717) is 6.10 Å². The summed E-state index contributed by atoms with van der Waals surface area (Å²) in [4.78, 5) is 2.35. The largest absolute Gasteiger partial charge is 0.488 e. The van der Waals surface area contributed by atoms with Crippen LogP contribution in [0.5, 0.6) is 5.75 Å². The van der Waals surface area contributed by atoms with E-state index in [0.717, 1.165) is 31.1 Å². The lowest BCUT2D eigenvalue weighted by Crippen LogP contribution is -2.53. The minimum atomic E-state index is 0.360. The fraction of sp³-hybridized carbons (Fsp3) is 0.455. The number of hydrogen-bond donors (Lipinski definition) is 1. The van der Waals surface area contributed by atoms with Crippen molar-refractivity contribution in [3.63, 3.8) is 0 Å². The van der Waals surface area contributed by atoms with Gasteiger partial charge in [-0.1, -0.05) is 6.92 Å². The van der Waals surface area contributed by atoms with Crippen LogP contribution in [0.15, 0.2) is 24.3 Å². The fourth-order valence-corrected chi connectivity index (χ4v) is 1.59. The molecule has 2 N–H and O–H groups in total. The molecule has 0 spiro atoms. The van der Waals surface area contributed by atoms with Crippen LogP contribution in [0.1, 0.15) is 6.92 Å². The molecule has 0 saturated carbocycles. The number of anilines is 1. The molecule has 1 aliphatic rings. The van der Waals surface area contributed by atoms with E-state index in [2.05, 4.69) is 11.8 Å². The molecule has 1 aromatic rings. The molecule has 1 aromatic carbocycles. The monoisotopic (exact) mass is 192 g/mol. The molecule has 1 aliphatic heterocycles. The highest BCUT2D eigenvalue weighted by molar-refractivity contribution is 5.41. The summed E-state index contributed by atoms with van der Waals surface area (Å²) >= 11 is 0. The number of rotatable bonds is 3. The number of nitrogen functional groups attached to an aromatic ring is 1. The second kappa shape index (κ2) is 3.88. The van der Waals surface area contributed by atoms with Crippen LogP contribution in [0.2, 0.25) is 0 Å². The molecule has 3 nitrogen and oxygen atoms in total. The number of benzene rings is 1. The Morgan fingerprint density at radius 1 is 1.36 bits per heavy atom. The van der Waals surface area contributed by atoms with Crippen LogP contribution in [0.3, 0.4) is 0 Å². The maximum absolute atomic E-state index is 5.74. The number of hydrogen-bond acceptors (Lipinski definition) is 3. The smallest absolute Gasteiger partial charge is 0.124 e. The van der Waals surface area contributed by atoms with E-state index in [9.17, 15) is 0 Å². The molecular weight excluding hydrogens is 176 g/mol. The SMILES string of the molecule is CCN1CC(Oc2ccc(N)cc2)C1. The number of nitrogens with zero attached hydrogens (tertiary/aromatic N) is 1. The second-order valence-corrected chi connectivity index (χ2v) is 3.66. The Labute approximate surface area is 84.5 Å². The van der Waals surface area contributed by atoms with Crippen LogP contribution in [-0.2, 0) is 0 Å². The summed E-state index contributed by atoms with van der Waals surface area (Å²) in [5.74, 6) is 0.917. The molecule has 0 unspecified atom stereocenters. The van der Waals surface area contributed by atoms with Gasteiger partial charge in [0.15, 0.2) is 0 Å². The molecule has 76 valence electrons. The molecule has 3 heteroatoms. The predicted molar refractivity (Wildman–Crippen MR) is 57.4 cm³/mol. The van der Waals surface area contributed by atoms with E-state index >= 15 is 0 Å². The molecule has 1 saturated heterocycles. The molecule has 0 aliphatic carbocycles. The highest BCUT2D eigenvalue weighted by atomic mass is 16.5. The lowest BCUT2D eigenvalue weighted by Gasteiger charge is -2.38. The number of likely N-dealkylation sites (N-methyl/N-ethyl adjacent to an activating group) is 1. The van der Waals surface area contributed by atoms with Gasteiger partial charge >= 0.3 is 0 Å². The van der Waals surface area contributed by atoms with E-state index in [1.807, 2.05) is 24.3 Å². The number of ether oxygens (including phenoxy) is 1. The summed E-state index contributed by atoms with van der Waals surface area (Å²) in [6, 6.07) is 7.57. The molecule has 1 heterocycles. The first-order valence-electron chi connectivity index (χ1n) is 5.02. The van der Waals surface area contributed by atoms with Gasteiger partial charge in [-0.05, 0) is 30.8 Å². The van der Waals surface area contributed by atoms with Gasteiger partial charge in [0.2, 0.25) is 0 Å². The van der Waals surface area contributed by atoms with Crippen molar-refractivity contribution in [1.82, 2.24) is 4.90 Å². The van der Waals surface area contributed by atoms with Gasteiger partial charge < -0.3 is 10.5 Å². The maximum Gasteiger partial charge on any atom is 0.124 e. The molecule has 0 aromatic heterocycles. The summed E-state index contributed by atoms with van der Waals surface area (Å²) in [7, 11) is 0. The van der Waals surface area contributed by atoms with Gasteiger partial charge in [-0.25, -0.2) is 0 Å². The lowest BCUT2D eigenvalue weighted by molar-refractivity contribution is 0.0238. The summed E-state index contributed by atoms with van der Waals surface area (Å²) in [6.45, 7) is 5.36. The summed E-state index contributed by atoms with van der Waals surface area (Å²) in [5, 5.41) is 0. The van der Waals surface area contributed by atoms with Crippen molar-refractivity contribution in [2.45, 2.75) is 13.0 Å². The summed E-state index contributed by atoms with van der Waals surface area (Å²) in [6.07, 6.45) is 0.360. The zero-order valence-corrected chi connectivity index (χ0v) is 8.44. The maximum atomic E-state index is 5.74. The van der Waals surface area contributed by atoms with Gasteiger partial charge in [-0.15, -0.1) is 0 Å². The zero-order valence-electron chi connectivity index (χ0n) is 8.44. The third-order valence-corrected chi connectivity index (χ3v) is 2.55. The van der Waals surface area contributed by atoms with Gasteiger partial charge in [0, 0.05) is 18.8 Å². The summed E-state index contributed by atoms with van der Waals surface area (Å²) < 4.78 is 5.74. The minimum Gasteiger partial charge on any atom is -0.488 e. The first kappa shape index (κ1) is 9.34. The summed E-state index contributed by atoms with van der Waals surface area (Å²) in [5.41, 5.74) is 6.36. The first-order valence-corrected chi connectivity index (χ1v) is 5.02. The van der Waals surface area contributed by atoms with E-state index in [4.69, 9.17) is 10.5 Å². The van der Waals surface area contributed by atoms with Gasteiger partial charge in [-0.3, -0.25) is 4.90 Å². The van der Waals surface area contributed by atoms with Gasteiger partial charge in [0.25, 0.3) is 0 Å². The van der Waals surface area contributed by atoms with Crippen molar-refractivity contribution < 1.29 is 4.74 Å². The van der Waals surface area contributed by atoms with Crippen LogP contribution in [0.4, 0.5) is 5.69 Å². The average molecular weight is 192 g/mol. The van der Waals surface area contributed by atoms with Gasteiger partial charge in [0.1, 0.15) is 11.9 Å². The molecule has 14 heavy (non-hydrogen) atoms. The fourth-order valence-electron chi connectivity index (χ4n) is 1.59. The van der Waals surface area contributed by atoms with Crippen molar-refractivity contribution in [3.8, 4) is 5.75 Å². The normalized spacial score (nSPS) is 17.8. The van der Waals surface area contributed by atoms with E-state index in [1.54, 1.807) is 0 Å². The Morgan fingerprint density at radius 3 is 2.57 bits per heavy atom. The van der Waals surface area contributed by atoms with Crippen molar-refractivity contribution in [3.05, 3.63) is 24.3 Å². The van der Waals surface area contributed by atoms with E-state index < -0.39 is 0 Å². The molecular formula is C11H16N2O. The Hall–Kier alpha value is -1.22. The van der Waals surface area contributed by atoms with Crippen LogP contribution in [0.25, 0.3) is 0 Å². The van der Waals surface area contributed by atoms with Crippen molar-refractivity contribution >= 4 is 5.69 Å². The molecule has 0 radical (unpaired) electrons. The molecule has 1 fully saturated rings. The quantitative estimate of drug-likeness (QED) is 0.735. The number of nitrogens with two attached hydrogens (primary N) is 1. The lowest BCUT2D eigenvalue weighted by atomic mass is 10.1. The Kier molecular flexibility index (Phi) is 2.59. The average Bonchev–Trinajstić information content (AvgIpc) is 2.13. The zero-order chi connectivity index (χ0) is 9.97. The Bertz CT molecular complexity index is 291. The van der Waals surface area contributed by atoms with E-state index in [-0.39, 0.29) is 0 Å². The van der Waals surface area contributed by atoms with Crippen molar-refractivity contribution in [2.75, 3.05) is 25.4 Å². The Balaban J connectivity index is 1.84. The first-order chi connectivity index (χ1) is 6.78. The molecule has 0 bridgehead atoms. The third-order valence-electron chi connectivity index (χ3n) is 2.55. The van der Waals surface area contributed by atoms with Crippen LogP contribution in [-0.4, -0.2) is 30.6 Å². The number of likely N-dealkylation sites (tertiary alicyclic amines) is 1. The van der Waals surface area contributed by atoms with Crippen molar-refractivity contribution in [1.29, 1.82) is 0 Å². The van der Waals surface area contributed by atoms with Gasteiger partial charge in [-0.2, -0.15) is 0 Å². The Morgan fingerprint density at radius 2 is 2.00 bits per heavy atom. The standard InChI is InChI=1S/C11H16N2O/c1-2-13-7-11(8-13)14-10-5-3-9(12)4-6-10/h3-6,11H,2,7-8,12H2,1H3. The van der Waals surface area contributed by atoms with Crippen molar-refractivity contribution in [2.24, 2.45) is 0 Å².